The average Bonchev–Trinajstić information content (AvgIpc) is 3.34. The summed E-state index contributed by atoms with van der Waals surface area (Å²) in [6.07, 6.45) is 3.55. The van der Waals surface area contributed by atoms with Crippen molar-refractivity contribution in [3.8, 4) is 0 Å². The normalized spacial score (nSPS) is 11.0. The molecule has 0 bridgehead atoms. The van der Waals surface area contributed by atoms with Gasteiger partial charge >= 0.3 is 0 Å². The molecule has 0 unspecified atom stereocenters. The molecular weight excluding hydrogens is 457 g/mol. The monoisotopic (exact) mass is 481 g/mol. The molecule has 3 rings (SSSR count). The fourth-order valence-corrected chi connectivity index (χ4v) is 3.15. The molecule has 6 heteroatoms. The van der Waals surface area contributed by atoms with Crippen LogP contribution >= 0.6 is 35.3 Å². The molecule has 2 N–H and O–H groups in total. The molecule has 0 atom stereocenters. The predicted molar refractivity (Wildman–Crippen MR) is 119 cm³/mol. The van der Waals surface area contributed by atoms with Crippen LogP contribution in [0.25, 0.3) is 0 Å². The van der Waals surface area contributed by atoms with E-state index in [-0.39, 0.29) is 24.0 Å². The maximum Gasteiger partial charge on any atom is 0.191 e. The second-order valence-electron chi connectivity index (χ2n) is 5.66. The lowest BCUT2D eigenvalue weighted by atomic mass is 10.2. The zero-order valence-electron chi connectivity index (χ0n) is 14.6. The van der Waals surface area contributed by atoms with Crippen molar-refractivity contribution in [1.29, 1.82) is 0 Å². The van der Waals surface area contributed by atoms with E-state index in [1.54, 1.807) is 17.6 Å². The molecule has 0 saturated heterocycles. The summed E-state index contributed by atoms with van der Waals surface area (Å²) >= 11 is 1.79. The van der Waals surface area contributed by atoms with Gasteiger partial charge in [-0.2, -0.15) is 0 Å². The first-order chi connectivity index (χ1) is 12.4. The van der Waals surface area contributed by atoms with Crippen molar-refractivity contribution in [2.24, 2.45) is 4.99 Å². The number of hydrogen-bond donors (Lipinski definition) is 2. The van der Waals surface area contributed by atoms with Crippen LogP contribution < -0.4 is 10.6 Å². The molecule has 4 nitrogen and oxygen atoms in total. The second-order valence-corrected chi connectivity index (χ2v) is 6.69. The number of nitrogens with zero attached hydrogens (tertiary/aromatic N) is 1. The first-order valence-electron chi connectivity index (χ1n) is 8.51. The Morgan fingerprint density at radius 3 is 2.42 bits per heavy atom. The highest BCUT2D eigenvalue weighted by Gasteiger charge is 2.01. The zero-order chi connectivity index (χ0) is 17.2. The summed E-state index contributed by atoms with van der Waals surface area (Å²) in [4.78, 5) is 6.08. The van der Waals surface area contributed by atoms with Gasteiger partial charge < -0.3 is 15.1 Å². The summed E-state index contributed by atoms with van der Waals surface area (Å²) in [6, 6.07) is 18.5. The molecule has 3 aromatic rings. The molecule has 0 aliphatic heterocycles. The van der Waals surface area contributed by atoms with Crippen LogP contribution in [0.5, 0.6) is 0 Å². The molecular formula is C20H24IN3OS. The summed E-state index contributed by atoms with van der Waals surface area (Å²) in [5.41, 5.74) is 1.20. The Labute approximate surface area is 175 Å². The van der Waals surface area contributed by atoms with Gasteiger partial charge in [-0.3, -0.25) is 0 Å². The third-order valence-electron chi connectivity index (χ3n) is 3.75. The van der Waals surface area contributed by atoms with E-state index in [9.17, 15) is 0 Å². The molecule has 2 heterocycles. The summed E-state index contributed by atoms with van der Waals surface area (Å²) < 4.78 is 5.38. The third-order valence-corrected chi connectivity index (χ3v) is 4.69. The summed E-state index contributed by atoms with van der Waals surface area (Å²) in [6.45, 7) is 2.31. The molecule has 0 aliphatic carbocycles. The van der Waals surface area contributed by atoms with Gasteiger partial charge in [-0.25, -0.2) is 4.99 Å². The second kappa shape index (κ2) is 11.7. The number of guanidine groups is 1. The molecule has 26 heavy (non-hydrogen) atoms. The van der Waals surface area contributed by atoms with Crippen molar-refractivity contribution in [3.05, 3.63) is 82.4 Å². The van der Waals surface area contributed by atoms with Gasteiger partial charge in [0.2, 0.25) is 0 Å². The molecule has 0 saturated carbocycles. The zero-order valence-corrected chi connectivity index (χ0v) is 17.7. The Bertz CT molecular complexity index is 700. The Kier molecular flexibility index (Phi) is 9.27. The smallest absolute Gasteiger partial charge is 0.191 e. The number of rotatable bonds is 8. The van der Waals surface area contributed by atoms with E-state index in [0.29, 0.717) is 6.54 Å². The van der Waals surface area contributed by atoms with Crippen LogP contribution in [-0.4, -0.2) is 19.0 Å². The fourth-order valence-electron chi connectivity index (χ4n) is 2.45. The van der Waals surface area contributed by atoms with Crippen molar-refractivity contribution in [2.75, 3.05) is 13.1 Å². The highest BCUT2D eigenvalue weighted by Crippen LogP contribution is 2.08. The van der Waals surface area contributed by atoms with Crippen LogP contribution in [0.3, 0.4) is 0 Å². The van der Waals surface area contributed by atoms with Gasteiger partial charge in [0.1, 0.15) is 5.76 Å². The van der Waals surface area contributed by atoms with E-state index < -0.39 is 0 Å². The van der Waals surface area contributed by atoms with Crippen LogP contribution in [0, 0.1) is 0 Å². The Morgan fingerprint density at radius 1 is 0.923 bits per heavy atom. The topological polar surface area (TPSA) is 49.6 Å². The molecule has 2 aromatic heterocycles. The van der Waals surface area contributed by atoms with Gasteiger partial charge in [0.25, 0.3) is 0 Å². The molecule has 0 radical (unpaired) electrons. The number of benzene rings is 1. The highest BCUT2D eigenvalue weighted by atomic mass is 127. The number of hydrogen-bond acceptors (Lipinski definition) is 3. The Balaban J connectivity index is 0.00000243. The quantitative estimate of drug-likeness (QED) is 0.284. The maximum atomic E-state index is 5.38. The minimum absolute atomic E-state index is 0. The minimum atomic E-state index is 0. The lowest BCUT2D eigenvalue weighted by molar-refractivity contribution is 0.506. The van der Waals surface area contributed by atoms with Crippen LogP contribution in [0.15, 0.2) is 75.7 Å². The van der Waals surface area contributed by atoms with Gasteiger partial charge in [0, 0.05) is 24.4 Å². The van der Waals surface area contributed by atoms with Gasteiger partial charge in [-0.1, -0.05) is 36.4 Å². The average molecular weight is 481 g/mol. The van der Waals surface area contributed by atoms with Crippen LogP contribution in [0.4, 0.5) is 0 Å². The summed E-state index contributed by atoms with van der Waals surface area (Å²) in [5, 5.41) is 8.93. The fraction of sp³-hybridized carbons (Fsp3) is 0.250. The molecule has 0 fully saturated rings. The van der Waals surface area contributed by atoms with E-state index in [4.69, 9.17) is 9.41 Å². The number of nitrogens with one attached hydrogen (secondary N) is 2. The van der Waals surface area contributed by atoms with Crippen molar-refractivity contribution in [2.45, 2.75) is 19.4 Å². The van der Waals surface area contributed by atoms with Gasteiger partial charge in [0.05, 0.1) is 12.8 Å². The summed E-state index contributed by atoms with van der Waals surface area (Å²) in [5.74, 6) is 1.82. The van der Waals surface area contributed by atoms with Gasteiger partial charge in [0.15, 0.2) is 5.96 Å². The van der Waals surface area contributed by atoms with E-state index in [0.717, 1.165) is 37.7 Å². The van der Waals surface area contributed by atoms with Crippen molar-refractivity contribution in [1.82, 2.24) is 10.6 Å². The lowest BCUT2D eigenvalue weighted by Gasteiger charge is -2.12. The van der Waals surface area contributed by atoms with E-state index in [1.807, 2.05) is 30.3 Å². The number of furan rings is 1. The number of halogens is 1. The van der Waals surface area contributed by atoms with Crippen LogP contribution in [0.2, 0.25) is 0 Å². The van der Waals surface area contributed by atoms with Crippen molar-refractivity contribution in [3.63, 3.8) is 0 Å². The first-order valence-corrected chi connectivity index (χ1v) is 9.39. The van der Waals surface area contributed by atoms with Crippen LogP contribution in [0.1, 0.15) is 16.2 Å². The Morgan fingerprint density at radius 2 is 1.73 bits per heavy atom. The maximum absolute atomic E-state index is 5.38. The van der Waals surface area contributed by atoms with E-state index >= 15 is 0 Å². The highest BCUT2D eigenvalue weighted by molar-refractivity contribution is 14.0. The molecule has 138 valence electrons. The van der Waals surface area contributed by atoms with E-state index in [2.05, 4.69) is 40.3 Å². The molecule has 0 amide bonds. The third kappa shape index (κ3) is 7.21. The van der Waals surface area contributed by atoms with Crippen molar-refractivity contribution < 1.29 is 4.42 Å². The van der Waals surface area contributed by atoms with E-state index in [1.165, 1.54) is 10.4 Å². The van der Waals surface area contributed by atoms with Gasteiger partial charge in [-0.15, -0.1) is 35.3 Å². The molecule has 0 spiro atoms. The number of aliphatic imine (C=N–C) groups is 1. The SMILES string of the molecule is I.c1ccc(CN=C(NCCc2ccco2)NCCc2cccs2)cc1. The van der Waals surface area contributed by atoms with Crippen LogP contribution in [-0.2, 0) is 19.4 Å². The lowest BCUT2D eigenvalue weighted by Crippen LogP contribution is -2.39. The number of thiophene rings is 1. The molecule has 0 aliphatic rings. The Hall–Kier alpha value is -1.80. The molecule has 1 aromatic carbocycles. The summed E-state index contributed by atoms with van der Waals surface area (Å²) in [7, 11) is 0. The first kappa shape index (κ1) is 20.5. The van der Waals surface area contributed by atoms with Gasteiger partial charge in [-0.05, 0) is 35.6 Å². The largest absolute Gasteiger partial charge is 0.469 e. The minimum Gasteiger partial charge on any atom is -0.469 e. The standard InChI is InChI=1S/C20H23N3OS.HI/c1-2-6-17(7-3-1)16-23-20(21-12-10-18-8-4-14-24-18)22-13-11-19-9-5-15-25-19;/h1-9,14-15H,10-13,16H2,(H2,21,22,23);1H. The van der Waals surface area contributed by atoms with Crippen molar-refractivity contribution >= 4 is 41.3 Å². The predicted octanol–water partition coefficient (Wildman–Crippen LogP) is 4.48.